The lowest BCUT2D eigenvalue weighted by Gasteiger charge is -2.35. The SMILES string of the molecule is CN=C(NCCc1ccc(C(C)(C)C)cc1)NC1CCN(C(C)C)CC1.I. The number of nitrogens with zero attached hydrogens (tertiary/aromatic N) is 2. The number of aliphatic imine (C=N–C) groups is 1. The van der Waals surface area contributed by atoms with Crippen molar-refractivity contribution in [3.8, 4) is 0 Å². The third-order valence-corrected chi connectivity index (χ3v) is 5.35. The van der Waals surface area contributed by atoms with Crippen LogP contribution in [0.5, 0.6) is 0 Å². The lowest BCUT2D eigenvalue weighted by atomic mass is 9.86. The molecule has 2 rings (SSSR count). The summed E-state index contributed by atoms with van der Waals surface area (Å²) in [7, 11) is 1.86. The molecule has 27 heavy (non-hydrogen) atoms. The molecule has 1 aliphatic heterocycles. The van der Waals surface area contributed by atoms with Gasteiger partial charge < -0.3 is 15.5 Å². The smallest absolute Gasteiger partial charge is 0.191 e. The molecular formula is C22H39IN4. The van der Waals surface area contributed by atoms with Crippen LogP contribution < -0.4 is 10.6 Å². The lowest BCUT2D eigenvalue weighted by Crippen LogP contribution is -2.50. The molecular weight excluding hydrogens is 447 g/mol. The first-order chi connectivity index (χ1) is 12.3. The number of benzene rings is 1. The number of guanidine groups is 1. The first kappa shape index (κ1) is 24.2. The Hall–Kier alpha value is -0.820. The Labute approximate surface area is 183 Å². The molecule has 0 unspecified atom stereocenters. The maximum absolute atomic E-state index is 4.39. The molecule has 1 aromatic carbocycles. The van der Waals surface area contributed by atoms with Gasteiger partial charge in [0.05, 0.1) is 0 Å². The second-order valence-electron chi connectivity index (χ2n) is 8.74. The highest BCUT2D eigenvalue weighted by molar-refractivity contribution is 14.0. The van der Waals surface area contributed by atoms with E-state index in [0.717, 1.165) is 18.9 Å². The molecule has 4 nitrogen and oxygen atoms in total. The van der Waals surface area contributed by atoms with Crippen molar-refractivity contribution in [1.82, 2.24) is 15.5 Å². The first-order valence-electron chi connectivity index (χ1n) is 10.1. The van der Waals surface area contributed by atoms with Crippen molar-refractivity contribution in [3.05, 3.63) is 35.4 Å². The van der Waals surface area contributed by atoms with Crippen LogP contribution in [0, 0.1) is 0 Å². The van der Waals surface area contributed by atoms with Crippen molar-refractivity contribution in [2.45, 2.75) is 71.4 Å². The number of likely N-dealkylation sites (tertiary alicyclic amines) is 1. The third kappa shape index (κ3) is 7.98. The molecule has 0 amide bonds. The van der Waals surface area contributed by atoms with Crippen LogP contribution in [0.1, 0.15) is 58.6 Å². The van der Waals surface area contributed by atoms with Crippen LogP contribution in [-0.2, 0) is 11.8 Å². The van der Waals surface area contributed by atoms with Gasteiger partial charge in [0.25, 0.3) is 0 Å². The van der Waals surface area contributed by atoms with Gasteiger partial charge in [0.15, 0.2) is 5.96 Å². The van der Waals surface area contributed by atoms with E-state index in [1.54, 1.807) is 0 Å². The molecule has 1 saturated heterocycles. The number of piperidine rings is 1. The third-order valence-electron chi connectivity index (χ3n) is 5.35. The van der Waals surface area contributed by atoms with Crippen molar-refractivity contribution in [2.75, 3.05) is 26.7 Å². The molecule has 1 aliphatic rings. The Balaban J connectivity index is 0.00000364. The summed E-state index contributed by atoms with van der Waals surface area (Å²) in [6, 6.07) is 10.2. The molecule has 0 bridgehead atoms. The number of hydrogen-bond acceptors (Lipinski definition) is 2. The molecule has 1 heterocycles. The molecule has 5 heteroatoms. The second-order valence-corrected chi connectivity index (χ2v) is 8.74. The standard InChI is InChI=1S/C22H38N4.HI/c1-17(2)26-15-12-20(13-16-26)25-21(23-6)24-14-11-18-7-9-19(10-8-18)22(3,4)5;/h7-10,17,20H,11-16H2,1-6H3,(H2,23,24,25);1H. The van der Waals surface area contributed by atoms with E-state index in [-0.39, 0.29) is 29.4 Å². The first-order valence-corrected chi connectivity index (χ1v) is 10.1. The number of rotatable bonds is 5. The molecule has 0 radical (unpaired) electrons. The normalized spacial score (nSPS) is 16.9. The van der Waals surface area contributed by atoms with Crippen LogP contribution >= 0.6 is 24.0 Å². The van der Waals surface area contributed by atoms with Crippen molar-refractivity contribution < 1.29 is 0 Å². The van der Waals surface area contributed by atoms with Crippen LogP contribution in [-0.4, -0.2) is 49.6 Å². The molecule has 0 atom stereocenters. The lowest BCUT2D eigenvalue weighted by molar-refractivity contribution is 0.167. The average molecular weight is 486 g/mol. The molecule has 1 aromatic rings. The highest BCUT2D eigenvalue weighted by atomic mass is 127. The predicted molar refractivity (Wildman–Crippen MR) is 128 cm³/mol. The number of hydrogen-bond donors (Lipinski definition) is 2. The molecule has 0 spiro atoms. The summed E-state index contributed by atoms with van der Waals surface area (Å²) >= 11 is 0. The Bertz CT molecular complexity index is 567. The van der Waals surface area contributed by atoms with Crippen LogP contribution in [0.25, 0.3) is 0 Å². The van der Waals surface area contributed by atoms with Gasteiger partial charge in [-0.2, -0.15) is 0 Å². The van der Waals surface area contributed by atoms with Gasteiger partial charge >= 0.3 is 0 Å². The van der Waals surface area contributed by atoms with Crippen molar-refractivity contribution in [3.63, 3.8) is 0 Å². The van der Waals surface area contributed by atoms with Crippen molar-refractivity contribution in [1.29, 1.82) is 0 Å². The predicted octanol–water partition coefficient (Wildman–Crippen LogP) is 4.18. The fourth-order valence-electron chi connectivity index (χ4n) is 3.44. The summed E-state index contributed by atoms with van der Waals surface area (Å²) in [5, 5.41) is 7.06. The van der Waals surface area contributed by atoms with E-state index in [2.05, 4.69) is 79.4 Å². The summed E-state index contributed by atoms with van der Waals surface area (Å²) in [6.07, 6.45) is 3.39. The molecule has 0 aliphatic carbocycles. The van der Waals surface area contributed by atoms with E-state index in [9.17, 15) is 0 Å². The molecule has 2 N–H and O–H groups in total. The summed E-state index contributed by atoms with van der Waals surface area (Å²) in [5.74, 6) is 0.930. The van der Waals surface area contributed by atoms with E-state index >= 15 is 0 Å². The van der Waals surface area contributed by atoms with E-state index < -0.39 is 0 Å². The summed E-state index contributed by atoms with van der Waals surface area (Å²) in [6.45, 7) is 14.6. The van der Waals surface area contributed by atoms with Crippen LogP contribution in [0.2, 0.25) is 0 Å². The number of halogens is 1. The minimum atomic E-state index is 0. The second kappa shape index (κ2) is 11.2. The zero-order valence-electron chi connectivity index (χ0n) is 18.0. The fraction of sp³-hybridized carbons (Fsp3) is 0.682. The fourth-order valence-corrected chi connectivity index (χ4v) is 3.44. The zero-order chi connectivity index (χ0) is 19.2. The van der Waals surface area contributed by atoms with Crippen LogP contribution in [0.3, 0.4) is 0 Å². The van der Waals surface area contributed by atoms with Gasteiger partial charge in [-0.3, -0.25) is 4.99 Å². The summed E-state index contributed by atoms with van der Waals surface area (Å²) < 4.78 is 0. The van der Waals surface area contributed by atoms with Crippen molar-refractivity contribution >= 4 is 29.9 Å². The van der Waals surface area contributed by atoms with Gasteiger partial charge in [0.2, 0.25) is 0 Å². The van der Waals surface area contributed by atoms with Gasteiger partial charge in [-0.05, 0) is 49.7 Å². The molecule has 0 saturated carbocycles. The summed E-state index contributed by atoms with van der Waals surface area (Å²) in [5.41, 5.74) is 2.97. The monoisotopic (exact) mass is 486 g/mol. The van der Waals surface area contributed by atoms with E-state index in [0.29, 0.717) is 12.1 Å². The van der Waals surface area contributed by atoms with Crippen LogP contribution in [0.15, 0.2) is 29.3 Å². The Kier molecular flexibility index (Phi) is 10.1. The topological polar surface area (TPSA) is 39.7 Å². The quantitative estimate of drug-likeness (QED) is 0.373. The average Bonchev–Trinajstić information content (AvgIpc) is 2.61. The summed E-state index contributed by atoms with van der Waals surface area (Å²) in [4.78, 5) is 6.95. The highest BCUT2D eigenvalue weighted by Gasteiger charge is 2.21. The largest absolute Gasteiger partial charge is 0.356 e. The van der Waals surface area contributed by atoms with Crippen LogP contribution in [0.4, 0.5) is 0 Å². The van der Waals surface area contributed by atoms with Gasteiger partial charge in [-0.1, -0.05) is 45.0 Å². The molecule has 1 fully saturated rings. The maximum Gasteiger partial charge on any atom is 0.191 e. The highest BCUT2D eigenvalue weighted by Crippen LogP contribution is 2.22. The molecule has 154 valence electrons. The Morgan fingerprint density at radius 2 is 1.74 bits per heavy atom. The Morgan fingerprint density at radius 1 is 1.15 bits per heavy atom. The minimum Gasteiger partial charge on any atom is -0.356 e. The van der Waals surface area contributed by atoms with E-state index in [1.165, 1.54) is 37.1 Å². The van der Waals surface area contributed by atoms with Gasteiger partial charge in [0.1, 0.15) is 0 Å². The maximum atomic E-state index is 4.39. The van der Waals surface area contributed by atoms with Gasteiger partial charge in [-0.25, -0.2) is 0 Å². The van der Waals surface area contributed by atoms with Gasteiger partial charge in [0, 0.05) is 38.8 Å². The minimum absolute atomic E-state index is 0. The van der Waals surface area contributed by atoms with E-state index in [1.807, 2.05) is 7.05 Å². The zero-order valence-corrected chi connectivity index (χ0v) is 20.3. The number of nitrogens with one attached hydrogen (secondary N) is 2. The Morgan fingerprint density at radius 3 is 2.22 bits per heavy atom. The van der Waals surface area contributed by atoms with E-state index in [4.69, 9.17) is 0 Å². The molecule has 0 aromatic heterocycles. The van der Waals surface area contributed by atoms with Crippen molar-refractivity contribution in [2.24, 2.45) is 4.99 Å². The van der Waals surface area contributed by atoms with Gasteiger partial charge in [-0.15, -0.1) is 24.0 Å².